The van der Waals surface area contributed by atoms with Gasteiger partial charge in [-0.25, -0.2) is 0 Å². The molecule has 2 rings (SSSR count). The van der Waals surface area contributed by atoms with Crippen molar-refractivity contribution in [1.82, 2.24) is 10.2 Å². The fraction of sp³-hybridized carbons (Fsp3) is 0.125. The van der Waals surface area contributed by atoms with Crippen LogP contribution in [0.25, 0.3) is 10.9 Å². The maximum absolute atomic E-state index is 10.5. The van der Waals surface area contributed by atoms with Crippen LogP contribution < -0.4 is 0 Å². The molecule has 0 saturated heterocycles. The third-order valence-corrected chi connectivity index (χ3v) is 1.87. The molecule has 1 N–H and O–H groups in total. The summed E-state index contributed by atoms with van der Waals surface area (Å²) in [6, 6.07) is 5.33. The molecule has 66 valence electrons. The number of fused-ring (bicyclic) bond motifs is 1. The van der Waals surface area contributed by atoms with Gasteiger partial charge in [0.2, 0.25) is 0 Å². The molecule has 0 aliphatic heterocycles. The molecule has 5 heteroatoms. The van der Waals surface area contributed by atoms with Gasteiger partial charge >= 0.3 is 5.82 Å². The summed E-state index contributed by atoms with van der Waals surface area (Å²) in [4.78, 5) is 10.0. The van der Waals surface area contributed by atoms with Crippen molar-refractivity contribution in [3.05, 3.63) is 33.9 Å². The first kappa shape index (κ1) is 7.72. The van der Waals surface area contributed by atoms with Gasteiger partial charge in [-0.3, -0.25) is 0 Å². The first-order valence-electron chi connectivity index (χ1n) is 3.77. The summed E-state index contributed by atoms with van der Waals surface area (Å²) in [5, 5.41) is 17.3. The Kier molecular flexibility index (Phi) is 1.51. The normalized spacial score (nSPS) is 10.5. The van der Waals surface area contributed by atoms with Gasteiger partial charge in [0.1, 0.15) is 5.52 Å². The summed E-state index contributed by atoms with van der Waals surface area (Å²) in [5.41, 5.74) is 1.67. The molecule has 0 atom stereocenters. The molecule has 0 amide bonds. The number of rotatable bonds is 1. The van der Waals surface area contributed by atoms with E-state index in [1.807, 2.05) is 13.0 Å². The van der Waals surface area contributed by atoms with Crippen molar-refractivity contribution in [1.29, 1.82) is 0 Å². The molecule has 0 fully saturated rings. The predicted molar refractivity (Wildman–Crippen MR) is 47.5 cm³/mol. The zero-order chi connectivity index (χ0) is 9.42. The number of hydrogen-bond acceptors (Lipinski definition) is 3. The smallest absolute Gasteiger partial charge is 0.350 e. The molecule has 1 aromatic carbocycles. The lowest BCUT2D eigenvalue weighted by Crippen LogP contribution is -1.87. The molecule has 1 aromatic heterocycles. The Bertz CT molecular complexity index is 475. The average Bonchev–Trinajstić information content (AvgIpc) is 2.46. The van der Waals surface area contributed by atoms with E-state index in [1.54, 1.807) is 12.1 Å². The SMILES string of the molecule is Cc1ccc2c([N+](=O)[O-])[nH]nc2c1. The van der Waals surface area contributed by atoms with E-state index in [0.717, 1.165) is 5.56 Å². The van der Waals surface area contributed by atoms with Crippen LogP contribution in [-0.4, -0.2) is 15.1 Å². The lowest BCUT2D eigenvalue weighted by atomic mass is 10.2. The summed E-state index contributed by atoms with van der Waals surface area (Å²) >= 11 is 0. The molecule has 0 unspecified atom stereocenters. The number of aryl methyl sites for hydroxylation is 1. The summed E-state index contributed by atoms with van der Waals surface area (Å²) in [5.74, 6) is -0.0463. The van der Waals surface area contributed by atoms with Crippen LogP contribution in [0.2, 0.25) is 0 Å². The van der Waals surface area contributed by atoms with E-state index < -0.39 is 4.92 Å². The first-order chi connectivity index (χ1) is 6.18. The number of nitro groups is 1. The average molecular weight is 177 g/mol. The third kappa shape index (κ3) is 1.14. The summed E-state index contributed by atoms with van der Waals surface area (Å²) < 4.78 is 0. The zero-order valence-electron chi connectivity index (χ0n) is 6.94. The van der Waals surface area contributed by atoms with Crippen molar-refractivity contribution in [3.63, 3.8) is 0 Å². The van der Waals surface area contributed by atoms with Crippen molar-refractivity contribution in [3.8, 4) is 0 Å². The van der Waals surface area contributed by atoms with Crippen molar-refractivity contribution >= 4 is 16.7 Å². The van der Waals surface area contributed by atoms with Crippen LogP contribution >= 0.6 is 0 Å². The monoisotopic (exact) mass is 177 g/mol. The number of nitrogens with zero attached hydrogens (tertiary/aromatic N) is 2. The van der Waals surface area contributed by atoms with Crippen LogP contribution in [0.3, 0.4) is 0 Å². The van der Waals surface area contributed by atoms with E-state index in [1.165, 1.54) is 0 Å². The number of H-pyrrole nitrogens is 1. The summed E-state index contributed by atoms with van der Waals surface area (Å²) in [6.07, 6.45) is 0. The fourth-order valence-electron chi connectivity index (χ4n) is 1.25. The molecule has 0 bridgehead atoms. The molecule has 0 spiro atoms. The third-order valence-electron chi connectivity index (χ3n) is 1.87. The van der Waals surface area contributed by atoms with E-state index in [4.69, 9.17) is 0 Å². The van der Waals surface area contributed by atoms with Crippen LogP contribution in [0, 0.1) is 17.0 Å². The van der Waals surface area contributed by atoms with E-state index in [2.05, 4.69) is 10.2 Å². The summed E-state index contributed by atoms with van der Waals surface area (Å²) in [6.45, 7) is 1.92. The lowest BCUT2D eigenvalue weighted by Gasteiger charge is -1.91. The number of hydrogen-bond donors (Lipinski definition) is 1. The van der Waals surface area contributed by atoms with Crippen LogP contribution in [0.15, 0.2) is 18.2 Å². The van der Waals surface area contributed by atoms with E-state index in [9.17, 15) is 10.1 Å². The highest BCUT2D eigenvalue weighted by molar-refractivity contribution is 5.86. The molecule has 2 aromatic rings. The molecule has 13 heavy (non-hydrogen) atoms. The molecule has 0 aliphatic carbocycles. The Morgan fingerprint density at radius 2 is 2.31 bits per heavy atom. The topological polar surface area (TPSA) is 71.8 Å². The van der Waals surface area contributed by atoms with Crippen LogP contribution in [0.5, 0.6) is 0 Å². The second kappa shape index (κ2) is 2.55. The van der Waals surface area contributed by atoms with Crippen LogP contribution in [0.1, 0.15) is 5.56 Å². The molecular weight excluding hydrogens is 170 g/mol. The molecule has 0 saturated carbocycles. The van der Waals surface area contributed by atoms with Crippen molar-refractivity contribution in [2.75, 3.05) is 0 Å². The Morgan fingerprint density at radius 3 is 3.00 bits per heavy atom. The van der Waals surface area contributed by atoms with Crippen molar-refractivity contribution in [2.24, 2.45) is 0 Å². The van der Waals surface area contributed by atoms with Gasteiger partial charge in [-0.05, 0) is 29.5 Å². The van der Waals surface area contributed by atoms with Crippen LogP contribution in [0.4, 0.5) is 5.82 Å². The van der Waals surface area contributed by atoms with E-state index in [0.29, 0.717) is 10.9 Å². The Hall–Kier alpha value is -1.91. The standard InChI is InChI=1S/C8H7N3O2/c1-5-2-3-6-7(4-5)9-10-8(6)11(12)13/h2-4H,1H3,(H,9,10). The van der Waals surface area contributed by atoms with Gasteiger partial charge in [-0.1, -0.05) is 11.2 Å². The number of aromatic nitrogens is 2. The second-order valence-corrected chi connectivity index (χ2v) is 2.85. The predicted octanol–water partition coefficient (Wildman–Crippen LogP) is 1.78. The Morgan fingerprint density at radius 1 is 1.54 bits per heavy atom. The fourth-order valence-corrected chi connectivity index (χ4v) is 1.25. The lowest BCUT2D eigenvalue weighted by molar-refractivity contribution is -0.387. The van der Waals surface area contributed by atoms with Crippen LogP contribution in [-0.2, 0) is 0 Å². The van der Waals surface area contributed by atoms with E-state index in [-0.39, 0.29) is 5.82 Å². The molecule has 1 heterocycles. The van der Waals surface area contributed by atoms with Gasteiger partial charge in [0.05, 0.1) is 5.39 Å². The second-order valence-electron chi connectivity index (χ2n) is 2.85. The van der Waals surface area contributed by atoms with Gasteiger partial charge < -0.3 is 10.1 Å². The van der Waals surface area contributed by atoms with Crippen molar-refractivity contribution < 1.29 is 4.92 Å². The van der Waals surface area contributed by atoms with Gasteiger partial charge in [0, 0.05) is 0 Å². The Labute approximate surface area is 73.5 Å². The van der Waals surface area contributed by atoms with Gasteiger partial charge in [0.25, 0.3) is 0 Å². The quantitative estimate of drug-likeness (QED) is 0.533. The first-order valence-corrected chi connectivity index (χ1v) is 3.77. The molecule has 5 nitrogen and oxygen atoms in total. The van der Waals surface area contributed by atoms with Gasteiger partial charge in [-0.15, -0.1) is 5.10 Å². The minimum absolute atomic E-state index is 0.0463. The minimum Gasteiger partial charge on any atom is -0.358 e. The van der Waals surface area contributed by atoms with Gasteiger partial charge in [-0.2, -0.15) is 0 Å². The largest absolute Gasteiger partial charge is 0.358 e. The highest BCUT2D eigenvalue weighted by Gasteiger charge is 2.13. The Balaban J connectivity index is 2.76. The molecular formula is C8H7N3O2. The zero-order valence-corrected chi connectivity index (χ0v) is 6.94. The minimum atomic E-state index is -0.468. The maximum Gasteiger partial charge on any atom is 0.350 e. The highest BCUT2D eigenvalue weighted by atomic mass is 16.6. The number of benzene rings is 1. The highest BCUT2D eigenvalue weighted by Crippen LogP contribution is 2.22. The van der Waals surface area contributed by atoms with Crippen molar-refractivity contribution in [2.45, 2.75) is 6.92 Å². The number of aromatic amines is 1. The van der Waals surface area contributed by atoms with Gasteiger partial charge in [0.15, 0.2) is 0 Å². The number of nitrogens with one attached hydrogen (secondary N) is 1. The molecule has 0 aliphatic rings. The van der Waals surface area contributed by atoms with E-state index >= 15 is 0 Å². The molecule has 0 radical (unpaired) electrons. The summed E-state index contributed by atoms with van der Waals surface area (Å²) in [7, 11) is 0. The maximum atomic E-state index is 10.5.